The molecule has 0 bridgehead atoms. The van der Waals surface area contributed by atoms with Gasteiger partial charge < -0.3 is 10.6 Å². The van der Waals surface area contributed by atoms with Crippen LogP contribution in [-0.4, -0.2) is 45.2 Å². The average molecular weight is 210 g/mol. The van der Waals surface area contributed by atoms with E-state index >= 15 is 0 Å². The van der Waals surface area contributed by atoms with E-state index in [0.29, 0.717) is 0 Å². The van der Waals surface area contributed by atoms with Crippen LogP contribution in [0.15, 0.2) is 6.33 Å². The van der Waals surface area contributed by atoms with Gasteiger partial charge in [-0.25, -0.2) is 4.68 Å². The number of nitrogens with one attached hydrogen (secondary N) is 2. The second-order valence-electron chi connectivity index (χ2n) is 3.62. The molecule has 2 N–H and O–H groups in total. The molecule has 1 atom stereocenters. The molecule has 0 unspecified atom stereocenters. The molecule has 2 rings (SSSR count). The van der Waals surface area contributed by atoms with E-state index < -0.39 is 0 Å². The summed E-state index contributed by atoms with van der Waals surface area (Å²) in [7, 11) is 0. The highest BCUT2D eigenvalue weighted by molar-refractivity contribution is 5.75. The Balaban J connectivity index is 1.76. The largest absolute Gasteiger partial charge is 0.350 e. The second-order valence-corrected chi connectivity index (χ2v) is 3.62. The Hall–Kier alpha value is -1.50. The molecule has 1 fully saturated rings. The Morgan fingerprint density at radius 2 is 2.60 bits per heavy atom. The number of aromatic nitrogens is 4. The van der Waals surface area contributed by atoms with E-state index in [4.69, 9.17) is 0 Å². The van der Waals surface area contributed by atoms with Crippen LogP contribution in [-0.2, 0) is 11.3 Å². The van der Waals surface area contributed by atoms with Crippen molar-refractivity contribution in [2.75, 3.05) is 13.1 Å². The normalized spacial score (nSPS) is 21.2. The molecule has 1 aromatic heterocycles. The number of carbonyl (C=O) groups is 1. The van der Waals surface area contributed by atoms with Gasteiger partial charge in [-0.05, 0) is 29.8 Å². The van der Waals surface area contributed by atoms with Gasteiger partial charge in [0.15, 0.2) is 0 Å². The quantitative estimate of drug-likeness (QED) is 0.637. The lowest BCUT2D eigenvalue weighted by Gasteiger charge is -2.23. The highest BCUT2D eigenvalue weighted by Crippen LogP contribution is 2.00. The van der Waals surface area contributed by atoms with Crippen LogP contribution in [0, 0.1) is 0 Å². The number of carbonyl (C=O) groups excluding carboxylic acids is 1. The maximum absolute atomic E-state index is 11.5. The minimum absolute atomic E-state index is 0.0454. The third-order valence-corrected chi connectivity index (χ3v) is 2.36. The summed E-state index contributed by atoms with van der Waals surface area (Å²) in [5.41, 5.74) is 0. The summed E-state index contributed by atoms with van der Waals surface area (Å²) >= 11 is 0. The minimum Gasteiger partial charge on any atom is -0.350 e. The highest BCUT2D eigenvalue weighted by atomic mass is 16.2. The van der Waals surface area contributed by atoms with Crippen LogP contribution in [0.3, 0.4) is 0 Å². The fourth-order valence-corrected chi connectivity index (χ4v) is 1.65. The first-order valence-corrected chi connectivity index (χ1v) is 5.05. The van der Waals surface area contributed by atoms with Crippen molar-refractivity contribution in [1.29, 1.82) is 0 Å². The Morgan fingerprint density at radius 3 is 3.27 bits per heavy atom. The molecule has 1 amide bonds. The van der Waals surface area contributed by atoms with Gasteiger partial charge in [0.2, 0.25) is 5.91 Å². The number of tetrazole rings is 1. The Kier molecular flexibility index (Phi) is 3.23. The maximum atomic E-state index is 11.5. The summed E-state index contributed by atoms with van der Waals surface area (Å²) in [6, 6.07) is 0.239. The van der Waals surface area contributed by atoms with Crippen molar-refractivity contribution in [3.8, 4) is 0 Å². The van der Waals surface area contributed by atoms with E-state index in [1.165, 1.54) is 11.0 Å². The summed E-state index contributed by atoms with van der Waals surface area (Å²) < 4.78 is 1.41. The van der Waals surface area contributed by atoms with Crippen LogP contribution in [0.4, 0.5) is 0 Å². The average Bonchev–Trinajstić information content (AvgIpc) is 2.71. The first kappa shape index (κ1) is 10.0. The molecule has 0 radical (unpaired) electrons. The van der Waals surface area contributed by atoms with E-state index in [-0.39, 0.29) is 18.5 Å². The topological polar surface area (TPSA) is 84.7 Å². The van der Waals surface area contributed by atoms with Gasteiger partial charge in [0.25, 0.3) is 0 Å². The van der Waals surface area contributed by atoms with Gasteiger partial charge in [0.1, 0.15) is 12.9 Å². The Bertz CT molecular complexity index is 305. The van der Waals surface area contributed by atoms with Crippen LogP contribution in [0.5, 0.6) is 0 Å². The molecule has 0 aliphatic carbocycles. The monoisotopic (exact) mass is 210 g/mol. The van der Waals surface area contributed by atoms with Crippen LogP contribution >= 0.6 is 0 Å². The van der Waals surface area contributed by atoms with E-state index in [9.17, 15) is 4.79 Å². The predicted molar refractivity (Wildman–Crippen MR) is 51.9 cm³/mol. The zero-order chi connectivity index (χ0) is 10.5. The molecular formula is C8H14N6O. The summed E-state index contributed by atoms with van der Waals surface area (Å²) in [5, 5.41) is 16.7. The van der Waals surface area contributed by atoms with Gasteiger partial charge in [-0.3, -0.25) is 4.79 Å². The number of rotatable bonds is 3. The van der Waals surface area contributed by atoms with Crippen molar-refractivity contribution in [3.63, 3.8) is 0 Å². The lowest BCUT2D eigenvalue weighted by molar-refractivity contribution is -0.122. The van der Waals surface area contributed by atoms with Crippen molar-refractivity contribution < 1.29 is 4.79 Å². The van der Waals surface area contributed by atoms with Crippen LogP contribution < -0.4 is 10.6 Å². The molecule has 82 valence electrons. The molecule has 7 nitrogen and oxygen atoms in total. The highest BCUT2D eigenvalue weighted by Gasteiger charge is 2.15. The zero-order valence-corrected chi connectivity index (χ0v) is 8.39. The summed E-state index contributed by atoms with van der Waals surface area (Å²) in [6.07, 6.45) is 3.57. The van der Waals surface area contributed by atoms with Gasteiger partial charge in [-0.2, -0.15) is 0 Å². The lowest BCUT2D eigenvalue weighted by atomic mass is 10.1. The van der Waals surface area contributed by atoms with Crippen molar-refractivity contribution in [2.24, 2.45) is 0 Å². The van der Waals surface area contributed by atoms with Crippen molar-refractivity contribution >= 4 is 5.91 Å². The van der Waals surface area contributed by atoms with E-state index in [0.717, 1.165) is 25.9 Å². The van der Waals surface area contributed by atoms with E-state index in [1.54, 1.807) is 0 Å². The maximum Gasteiger partial charge on any atom is 0.242 e. The third kappa shape index (κ3) is 2.98. The standard InChI is InChI=1S/C8H14N6O/c15-8(5-14-6-10-12-13-14)11-7-2-1-3-9-4-7/h6-7,9H,1-5H2,(H,11,15)/t7-/m1/s1. The van der Waals surface area contributed by atoms with Gasteiger partial charge in [-0.1, -0.05) is 0 Å². The zero-order valence-electron chi connectivity index (χ0n) is 8.39. The first-order chi connectivity index (χ1) is 7.34. The van der Waals surface area contributed by atoms with Crippen LogP contribution in [0.25, 0.3) is 0 Å². The van der Waals surface area contributed by atoms with E-state index in [1.807, 2.05) is 0 Å². The minimum atomic E-state index is -0.0454. The fraction of sp³-hybridized carbons (Fsp3) is 0.750. The van der Waals surface area contributed by atoms with Crippen LogP contribution in [0.1, 0.15) is 12.8 Å². The lowest BCUT2D eigenvalue weighted by Crippen LogP contribution is -2.46. The molecule has 7 heteroatoms. The van der Waals surface area contributed by atoms with Gasteiger partial charge >= 0.3 is 0 Å². The van der Waals surface area contributed by atoms with Gasteiger partial charge in [0, 0.05) is 12.6 Å². The van der Waals surface area contributed by atoms with Crippen molar-refractivity contribution in [3.05, 3.63) is 6.33 Å². The number of hydrogen-bond acceptors (Lipinski definition) is 5. The molecule has 1 aliphatic heterocycles. The molecule has 0 spiro atoms. The first-order valence-electron chi connectivity index (χ1n) is 5.05. The van der Waals surface area contributed by atoms with Crippen molar-refractivity contribution in [1.82, 2.24) is 30.8 Å². The number of nitrogens with zero attached hydrogens (tertiary/aromatic N) is 4. The molecule has 2 heterocycles. The molecule has 15 heavy (non-hydrogen) atoms. The smallest absolute Gasteiger partial charge is 0.242 e. The van der Waals surface area contributed by atoms with E-state index in [2.05, 4.69) is 26.2 Å². The number of hydrogen-bond donors (Lipinski definition) is 2. The summed E-state index contributed by atoms with van der Waals surface area (Å²) in [4.78, 5) is 11.5. The summed E-state index contributed by atoms with van der Waals surface area (Å²) in [6.45, 7) is 2.07. The SMILES string of the molecule is O=C(Cn1cnnn1)N[C@@H]1CCCNC1. The van der Waals surface area contributed by atoms with Gasteiger partial charge in [-0.15, -0.1) is 5.10 Å². The molecule has 1 saturated heterocycles. The Labute approximate surface area is 87.2 Å². The van der Waals surface area contributed by atoms with Crippen LogP contribution in [0.2, 0.25) is 0 Å². The molecule has 0 aromatic carbocycles. The molecule has 1 aliphatic rings. The molecule has 1 aromatic rings. The van der Waals surface area contributed by atoms with Crippen molar-refractivity contribution in [2.45, 2.75) is 25.4 Å². The molecular weight excluding hydrogens is 196 g/mol. The number of piperidine rings is 1. The fourth-order valence-electron chi connectivity index (χ4n) is 1.65. The summed E-state index contributed by atoms with van der Waals surface area (Å²) in [5.74, 6) is -0.0454. The second kappa shape index (κ2) is 4.83. The van der Waals surface area contributed by atoms with Gasteiger partial charge in [0.05, 0.1) is 0 Å². The predicted octanol–water partition coefficient (Wildman–Crippen LogP) is -1.46. The number of amides is 1. The third-order valence-electron chi connectivity index (χ3n) is 2.36. The Morgan fingerprint density at radius 1 is 1.67 bits per heavy atom. The molecule has 0 saturated carbocycles.